The third kappa shape index (κ3) is 0.698. The maximum atomic E-state index is 5.28. The van der Waals surface area contributed by atoms with E-state index in [0.29, 0.717) is 0 Å². The van der Waals surface area contributed by atoms with E-state index in [0.717, 1.165) is 19.0 Å². The topological polar surface area (TPSA) is 38.0 Å². The summed E-state index contributed by atoms with van der Waals surface area (Å²) < 4.78 is 0. The quantitative estimate of drug-likeness (QED) is 0.388. The summed E-state index contributed by atoms with van der Waals surface area (Å²) in [6, 6.07) is 0.843. The van der Waals surface area contributed by atoms with Crippen molar-refractivity contribution in [2.75, 3.05) is 6.54 Å². The van der Waals surface area contributed by atoms with Gasteiger partial charge in [0.15, 0.2) is 0 Å². The van der Waals surface area contributed by atoms with Crippen LogP contribution in [0.5, 0.6) is 0 Å². The molecule has 1 rings (SSSR count). The van der Waals surface area contributed by atoms with Gasteiger partial charge in [-0.3, -0.25) is 0 Å². The van der Waals surface area contributed by atoms with E-state index in [2.05, 4.69) is 11.9 Å². The molecule has 1 saturated heterocycles. The van der Waals surface area contributed by atoms with E-state index in [9.17, 15) is 0 Å². The molecule has 0 aromatic carbocycles. The highest BCUT2D eigenvalue weighted by molar-refractivity contribution is 5.01. The highest BCUT2D eigenvalue weighted by Gasteiger charge is 1.93. The molecule has 1 aliphatic heterocycles. The summed E-state index contributed by atoms with van der Waals surface area (Å²) in [5.74, 6) is 0. The molecule has 1 heterocycles. The van der Waals surface area contributed by atoms with E-state index < -0.39 is 0 Å². The molecule has 0 amide bonds. The summed E-state index contributed by atoms with van der Waals surface area (Å²) in [5.41, 5.74) is 5.28. The molecular formula is C4H7N2-. The van der Waals surface area contributed by atoms with Crippen LogP contribution >= 0.6 is 0 Å². The summed E-state index contributed by atoms with van der Waals surface area (Å²) in [6.07, 6.45) is 0.958. The molecule has 0 aromatic heterocycles. The smallest absolute Gasteiger partial charge is 0.0330 e. The SMILES string of the molecule is N[C-]1[C]NCC1. The third-order valence-electron chi connectivity index (χ3n) is 0.768. The summed E-state index contributed by atoms with van der Waals surface area (Å²) in [5, 5.41) is 2.86. The third-order valence-corrected chi connectivity index (χ3v) is 0.768. The molecule has 34 valence electrons. The minimum Gasteiger partial charge on any atom is -0.479 e. The van der Waals surface area contributed by atoms with E-state index in [-0.39, 0.29) is 0 Å². The first-order chi connectivity index (χ1) is 2.89. The highest BCUT2D eigenvalue weighted by atomic mass is 14.9. The van der Waals surface area contributed by atoms with Crippen LogP contribution in [0.2, 0.25) is 0 Å². The average Bonchev–Trinajstić information content (AvgIpc) is 1.86. The molecule has 6 heavy (non-hydrogen) atoms. The van der Waals surface area contributed by atoms with Crippen LogP contribution in [0.1, 0.15) is 6.42 Å². The van der Waals surface area contributed by atoms with Gasteiger partial charge in [-0.1, -0.05) is 0 Å². The fourth-order valence-electron chi connectivity index (χ4n) is 0.436. The zero-order valence-electron chi connectivity index (χ0n) is 3.49. The van der Waals surface area contributed by atoms with Crippen LogP contribution in [0.4, 0.5) is 0 Å². The minimum absolute atomic E-state index is 0.843. The number of hydrogen-bond acceptors (Lipinski definition) is 2. The Labute approximate surface area is 37.7 Å². The lowest BCUT2D eigenvalue weighted by atomic mass is 10.3. The molecule has 1 fully saturated rings. The summed E-state index contributed by atoms with van der Waals surface area (Å²) >= 11 is 0. The van der Waals surface area contributed by atoms with Crippen molar-refractivity contribution >= 4 is 0 Å². The lowest BCUT2D eigenvalue weighted by Crippen LogP contribution is -2.06. The van der Waals surface area contributed by atoms with Crippen LogP contribution in [0, 0.1) is 12.6 Å². The highest BCUT2D eigenvalue weighted by Crippen LogP contribution is 2.03. The molecule has 0 aliphatic carbocycles. The second-order valence-electron chi connectivity index (χ2n) is 1.33. The Morgan fingerprint density at radius 2 is 2.67 bits per heavy atom. The number of rotatable bonds is 0. The molecule has 0 spiro atoms. The maximum Gasteiger partial charge on any atom is -0.0330 e. The van der Waals surface area contributed by atoms with Gasteiger partial charge in [-0.2, -0.15) is 6.42 Å². The van der Waals surface area contributed by atoms with Crippen LogP contribution in [0.15, 0.2) is 0 Å². The molecule has 2 radical (unpaired) electrons. The largest absolute Gasteiger partial charge is 0.479 e. The van der Waals surface area contributed by atoms with E-state index in [1.165, 1.54) is 0 Å². The predicted molar refractivity (Wildman–Crippen MR) is 23.3 cm³/mol. The van der Waals surface area contributed by atoms with Crippen LogP contribution in [0.25, 0.3) is 0 Å². The van der Waals surface area contributed by atoms with Crippen LogP contribution in [-0.2, 0) is 0 Å². The van der Waals surface area contributed by atoms with Gasteiger partial charge in [0.25, 0.3) is 0 Å². The summed E-state index contributed by atoms with van der Waals surface area (Å²) in [4.78, 5) is 0. The zero-order valence-corrected chi connectivity index (χ0v) is 3.49. The predicted octanol–water partition coefficient (Wildman–Crippen LogP) is -0.491. The Kier molecular flexibility index (Phi) is 1.08. The molecule has 0 atom stereocenters. The van der Waals surface area contributed by atoms with Crippen molar-refractivity contribution in [2.45, 2.75) is 6.42 Å². The van der Waals surface area contributed by atoms with E-state index >= 15 is 0 Å². The van der Waals surface area contributed by atoms with Gasteiger partial charge in [0.1, 0.15) is 0 Å². The van der Waals surface area contributed by atoms with Gasteiger partial charge in [-0.05, 0) is 6.54 Å². The van der Waals surface area contributed by atoms with Crippen molar-refractivity contribution < 1.29 is 0 Å². The molecule has 0 bridgehead atoms. The summed E-state index contributed by atoms with van der Waals surface area (Å²) in [6.45, 7) is 3.73. The van der Waals surface area contributed by atoms with E-state index in [1.807, 2.05) is 0 Å². The van der Waals surface area contributed by atoms with Crippen LogP contribution in [-0.4, -0.2) is 6.54 Å². The minimum atomic E-state index is 0.843. The fourth-order valence-corrected chi connectivity index (χ4v) is 0.436. The first kappa shape index (κ1) is 4.09. The van der Waals surface area contributed by atoms with Crippen LogP contribution in [0.3, 0.4) is 0 Å². The molecule has 3 N–H and O–H groups in total. The van der Waals surface area contributed by atoms with Crippen molar-refractivity contribution in [1.82, 2.24) is 5.32 Å². The first-order valence-electron chi connectivity index (χ1n) is 2.00. The van der Waals surface area contributed by atoms with Crippen molar-refractivity contribution in [3.63, 3.8) is 0 Å². The molecular weight excluding hydrogens is 76.1 g/mol. The van der Waals surface area contributed by atoms with Gasteiger partial charge in [0, 0.05) is 0 Å². The fraction of sp³-hybridized carbons (Fsp3) is 0.500. The van der Waals surface area contributed by atoms with Gasteiger partial charge in [0.05, 0.1) is 0 Å². The molecule has 0 unspecified atom stereocenters. The molecule has 2 heteroatoms. The molecule has 0 saturated carbocycles. The normalized spacial score (nSPS) is 25.5. The molecule has 2 nitrogen and oxygen atoms in total. The van der Waals surface area contributed by atoms with Crippen molar-refractivity contribution in [1.29, 1.82) is 0 Å². The monoisotopic (exact) mass is 83.1 g/mol. The molecule has 1 aliphatic rings. The standard InChI is InChI=1S/C4H7N2/c5-4-1-2-6-3-4/h6H,1-2,5H2/q-1. The lowest BCUT2D eigenvalue weighted by Gasteiger charge is -2.09. The Hall–Kier alpha value is -0.0800. The van der Waals surface area contributed by atoms with Gasteiger partial charge in [-0.15, -0.1) is 6.54 Å². The Morgan fingerprint density at radius 3 is 2.83 bits per heavy atom. The van der Waals surface area contributed by atoms with Gasteiger partial charge < -0.3 is 11.1 Å². The van der Waals surface area contributed by atoms with Crippen molar-refractivity contribution in [2.24, 2.45) is 5.73 Å². The zero-order chi connectivity index (χ0) is 4.41. The Bertz CT molecular complexity index is 38.8. The maximum absolute atomic E-state index is 5.28. The van der Waals surface area contributed by atoms with Gasteiger partial charge >= 0.3 is 0 Å². The first-order valence-corrected chi connectivity index (χ1v) is 2.00. The average molecular weight is 83.1 g/mol. The Balaban J connectivity index is 2.18. The lowest BCUT2D eigenvalue weighted by molar-refractivity contribution is 0.903. The van der Waals surface area contributed by atoms with Crippen molar-refractivity contribution in [3.05, 3.63) is 12.6 Å². The second kappa shape index (κ2) is 1.58. The summed E-state index contributed by atoms with van der Waals surface area (Å²) in [7, 11) is 0. The number of hydrogen-bond donors (Lipinski definition) is 2. The second-order valence-corrected chi connectivity index (χ2v) is 1.33. The van der Waals surface area contributed by atoms with Crippen molar-refractivity contribution in [3.8, 4) is 0 Å². The van der Waals surface area contributed by atoms with E-state index in [4.69, 9.17) is 5.73 Å². The van der Waals surface area contributed by atoms with Gasteiger partial charge in [0.2, 0.25) is 0 Å². The molecule has 0 aromatic rings. The van der Waals surface area contributed by atoms with Crippen LogP contribution < -0.4 is 11.1 Å². The Morgan fingerprint density at radius 1 is 1.83 bits per heavy atom. The number of nitrogens with one attached hydrogen (secondary N) is 1. The van der Waals surface area contributed by atoms with Gasteiger partial charge in [-0.25, -0.2) is 6.04 Å². The number of nitrogens with two attached hydrogens (primary N) is 1. The van der Waals surface area contributed by atoms with E-state index in [1.54, 1.807) is 0 Å².